The average Bonchev–Trinajstić information content (AvgIpc) is 3.36. The van der Waals surface area contributed by atoms with Crippen LogP contribution in [0.15, 0.2) is 47.8 Å². The quantitative estimate of drug-likeness (QED) is 0.324. The minimum absolute atomic E-state index is 0.0261. The predicted octanol–water partition coefficient (Wildman–Crippen LogP) is 5.95. The van der Waals surface area contributed by atoms with E-state index in [1.807, 2.05) is 24.5 Å². The molecule has 1 aromatic heterocycles. The standard InChI is InChI=1S/C29H34N2O3/c1-18(33)34-21-10-12-28(2)20(15-21)8-9-22-23(28)11-13-29(3)24(22)14-19(16-32)27(29)31-17-30-25-6-4-5-7-26(25)31/h4-8,16-17,21-24H,9-15H2,1-3H3. The molecule has 1 heterocycles. The van der Waals surface area contributed by atoms with E-state index in [4.69, 9.17) is 4.74 Å². The minimum atomic E-state index is -0.172. The van der Waals surface area contributed by atoms with Crippen molar-refractivity contribution in [2.75, 3.05) is 0 Å². The Balaban J connectivity index is 1.35. The van der Waals surface area contributed by atoms with Crippen LogP contribution in [0, 0.1) is 28.6 Å². The second-order valence-corrected chi connectivity index (χ2v) is 11.5. The molecular weight excluding hydrogens is 424 g/mol. The van der Waals surface area contributed by atoms with E-state index in [0.717, 1.165) is 61.4 Å². The number of carbonyl (C=O) groups is 2. The van der Waals surface area contributed by atoms with E-state index in [1.54, 1.807) is 0 Å². The molecule has 2 aromatic rings. The lowest BCUT2D eigenvalue weighted by Crippen LogP contribution is -2.50. The molecule has 0 aliphatic heterocycles. The van der Waals surface area contributed by atoms with Gasteiger partial charge in [0.25, 0.3) is 0 Å². The van der Waals surface area contributed by atoms with Gasteiger partial charge in [-0.15, -0.1) is 0 Å². The van der Waals surface area contributed by atoms with Gasteiger partial charge >= 0.3 is 5.97 Å². The van der Waals surface area contributed by atoms with E-state index in [9.17, 15) is 9.59 Å². The van der Waals surface area contributed by atoms with Crippen molar-refractivity contribution in [1.82, 2.24) is 9.55 Å². The number of aromatic nitrogens is 2. The summed E-state index contributed by atoms with van der Waals surface area (Å²) < 4.78 is 7.80. The van der Waals surface area contributed by atoms with Crippen LogP contribution in [0.1, 0.15) is 65.7 Å². The summed E-state index contributed by atoms with van der Waals surface area (Å²) in [6.07, 6.45) is 12.6. The lowest BCUT2D eigenvalue weighted by Gasteiger charge is -2.57. The van der Waals surface area contributed by atoms with Crippen molar-refractivity contribution in [3.63, 3.8) is 0 Å². The molecule has 4 aliphatic rings. The summed E-state index contributed by atoms with van der Waals surface area (Å²) >= 11 is 0. The van der Waals surface area contributed by atoms with Crippen LogP contribution in [0.3, 0.4) is 0 Å². The van der Waals surface area contributed by atoms with Crippen LogP contribution in [-0.4, -0.2) is 27.9 Å². The van der Waals surface area contributed by atoms with E-state index in [2.05, 4.69) is 35.5 Å². The van der Waals surface area contributed by atoms with E-state index < -0.39 is 0 Å². The van der Waals surface area contributed by atoms with Gasteiger partial charge in [-0.05, 0) is 73.8 Å². The number of hydrogen-bond donors (Lipinski definition) is 0. The molecule has 0 bridgehead atoms. The summed E-state index contributed by atoms with van der Waals surface area (Å²) in [5, 5.41) is 0. The van der Waals surface area contributed by atoms with Crippen LogP contribution in [-0.2, 0) is 14.3 Å². The number of esters is 1. The van der Waals surface area contributed by atoms with Crippen LogP contribution < -0.4 is 0 Å². The van der Waals surface area contributed by atoms with Gasteiger partial charge in [0.15, 0.2) is 0 Å². The number of benzene rings is 1. The fraction of sp³-hybridized carbons (Fsp3) is 0.552. The molecule has 6 rings (SSSR count). The van der Waals surface area contributed by atoms with Gasteiger partial charge in [-0.2, -0.15) is 0 Å². The van der Waals surface area contributed by atoms with E-state index in [0.29, 0.717) is 17.8 Å². The van der Waals surface area contributed by atoms with Crippen molar-refractivity contribution in [2.24, 2.45) is 28.6 Å². The Kier molecular flexibility index (Phi) is 4.91. The summed E-state index contributed by atoms with van der Waals surface area (Å²) in [7, 11) is 0. The lowest BCUT2D eigenvalue weighted by atomic mass is 9.47. The van der Waals surface area contributed by atoms with Crippen molar-refractivity contribution >= 4 is 29.0 Å². The van der Waals surface area contributed by atoms with Gasteiger partial charge in [0, 0.05) is 30.0 Å². The Bertz CT molecular complexity index is 1240. The number of aldehydes is 1. The Labute approximate surface area is 201 Å². The van der Waals surface area contributed by atoms with Crippen LogP contribution in [0.25, 0.3) is 16.7 Å². The summed E-state index contributed by atoms with van der Waals surface area (Å²) in [4.78, 5) is 28.5. The van der Waals surface area contributed by atoms with Crippen LogP contribution in [0.4, 0.5) is 0 Å². The van der Waals surface area contributed by atoms with Gasteiger partial charge < -0.3 is 9.30 Å². The van der Waals surface area contributed by atoms with Crippen LogP contribution >= 0.6 is 0 Å². The Morgan fingerprint density at radius 1 is 1.12 bits per heavy atom. The third kappa shape index (κ3) is 3.01. The third-order valence-electron chi connectivity index (χ3n) is 9.90. The third-order valence-corrected chi connectivity index (χ3v) is 9.90. The highest BCUT2D eigenvalue weighted by Gasteiger charge is 2.58. The van der Waals surface area contributed by atoms with E-state index >= 15 is 0 Å². The topological polar surface area (TPSA) is 61.2 Å². The normalized spacial score (nSPS) is 37.0. The number of allylic oxidation sites excluding steroid dienone is 3. The Morgan fingerprint density at radius 2 is 1.91 bits per heavy atom. The first-order valence-corrected chi connectivity index (χ1v) is 12.8. The molecule has 6 unspecified atom stereocenters. The van der Waals surface area contributed by atoms with Crippen molar-refractivity contribution in [3.8, 4) is 0 Å². The molecule has 5 nitrogen and oxygen atoms in total. The number of hydrogen-bond acceptors (Lipinski definition) is 4. The summed E-state index contributed by atoms with van der Waals surface area (Å²) in [6.45, 7) is 6.36. The molecule has 0 amide bonds. The maximum absolute atomic E-state index is 12.4. The molecule has 5 heteroatoms. The largest absolute Gasteiger partial charge is 0.462 e. The molecule has 2 fully saturated rings. The number of carbonyl (C=O) groups excluding carboxylic acids is 2. The number of ether oxygens (including phenoxy) is 1. The number of nitrogens with zero attached hydrogens (tertiary/aromatic N) is 2. The SMILES string of the molecule is CC(=O)OC1CCC2(C)C(=CCC3C2CCC2(C)C(n4cnc5ccccc54)=C(C=O)CC32)C1. The van der Waals surface area contributed by atoms with Gasteiger partial charge in [0.2, 0.25) is 0 Å². The molecule has 1 aromatic carbocycles. The minimum Gasteiger partial charge on any atom is -0.462 e. The first-order valence-electron chi connectivity index (χ1n) is 12.8. The molecule has 0 saturated heterocycles. The summed E-state index contributed by atoms with van der Waals surface area (Å²) in [5.41, 5.74) is 5.83. The first-order chi connectivity index (χ1) is 16.3. The fourth-order valence-electron chi connectivity index (χ4n) is 8.33. The maximum atomic E-state index is 12.4. The van der Waals surface area contributed by atoms with Gasteiger partial charge in [0.1, 0.15) is 18.7 Å². The number of para-hydroxylation sites is 2. The highest BCUT2D eigenvalue weighted by Crippen LogP contribution is 2.66. The van der Waals surface area contributed by atoms with E-state index in [-0.39, 0.29) is 22.9 Å². The van der Waals surface area contributed by atoms with Crippen molar-refractivity contribution in [2.45, 2.75) is 71.8 Å². The van der Waals surface area contributed by atoms with Crippen molar-refractivity contribution in [1.29, 1.82) is 0 Å². The molecule has 34 heavy (non-hydrogen) atoms. The highest BCUT2D eigenvalue weighted by molar-refractivity contribution is 5.90. The molecule has 0 radical (unpaired) electrons. The molecule has 2 saturated carbocycles. The zero-order valence-electron chi connectivity index (χ0n) is 20.4. The zero-order chi connectivity index (χ0) is 23.7. The summed E-state index contributed by atoms with van der Waals surface area (Å²) in [6, 6.07) is 8.22. The molecule has 6 atom stereocenters. The van der Waals surface area contributed by atoms with Crippen molar-refractivity contribution < 1.29 is 14.3 Å². The number of imidazole rings is 1. The Hall–Kier alpha value is -2.69. The number of fused-ring (bicyclic) bond motifs is 6. The predicted molar refractivity (Wildman–Crippen MR) is 132 cm³/mol. The highest BCUT2D eigenvalue weighted by atomic mass is 16.5. The molecule has 0 spiro atoms. The van der Waals surface area contributed by atoms with Crippen LogP contribution in [0.2, 0.25) is 0 Å². The van der Waals surface area contributed by atoms with Gasteiger partial charge in [-0.25, -0.2) is 4.98 Å². The number of rotatable bonds is 3. The molecule has 178 valence electrons. The van der Waals surface area contributed by atoms with Gasteiger partial charge in [-0.1, -0.05) is 37.6 Å². The Morgan fingerprint density at radius 3 is 2.71 bits per heavy atom. The zero-order valence-corrected chi connectivity index (χ0v) is 20.4. The monoisotopic (exact) mass is 458 g/mol. The van der Waals surface area contributed by atoms with Crippen LogP contribution in [0.5, 0.6) is 0 Å². The molecule has 0 N–H and O–H groups in total. The maximum Gasteiger partial charge on any atom is 0.302 e. The fourth-order valence-corrected chi connectivity index (χ4v) is 8.33. The van der Waals surface area contributed by atoms with E-state index in [1.165, 1.54) is 24.6 Å². The lowest BCUT2D eigenvalue weighted by molar-refractivity contribution is -0.148. The second kappa shape index (κ2) is 7.66. The van der Waals surface area contributed by atoms with Crippen molar-refractivity contribution in [3.05, 3.63) is 47.8 Å². The molecule has 4 aliphatic carbocycles. The average molecular weight is 459 g/mol. The summed E-state index contributed by atoms with van der Waals surface area (Å²) in [5.74, 6) is 1.48. The second-order valence-electron chi connectivity index (χ2n) is 11.5. The van der Waals surface area contributed by atoms with Gasteiger partial charge in [0.05, 0.1) is 11.0 Å². The smallest absolute Gasteiger partial charge is 0.302 e. The molecular formula is C29H34N2O3. The first kappa shape index (κ1) is 21.8. The van der Waals surface area contributed by atoms with Gasteiger partial charge in [-0.3, -0.25) is 9.59 Å².